The van der Waals surface area contributed by atoms with Crippen LogP contribution in [0.3, 0.4) is 0 Å². The first kappa shape index (κ1) is 17.5. The van der Waals surface area contributed by atoms with Gasteiger partial charge in [0.15, 0.2) is 0 Å². The largest absolute Gasteiger partial charge is 0.396 e. The van der Waals surface area contributed by atoms with Gasteiger partial charge in [0.05, 0.1) is 9.82 Å². The van der Waals surface area contributed by atoms with Crippen molar-refractivity contribution in [3.8, 4) is 0 Å². The van der Waals surface area contributed by atoms with E-state index in [4.69, 9.17) is 5.11 Å². The molecule has 0 saturated carbocycles. The van der Waals surface area contributed by atoms with E-state index in [1.165, 1.54) is 6.07 Å². The fourth-order valence-electron chi connectivity index (χ4n) is 1.85. The number of nitro groups is 1. The minimum absolute atomic E-state index is 0.0160. The molecule has 1 atom stereocenters. The van der Waals surface area contributed by atoms with Crippen molar-refractivity contribution < 1.29 is 18.4 Å². The smallest absolute Gasteiger partial charge is 0.271 e. The summed E-state index contributed by atoms with van der Waals surface area (Å²) >= 11 is 0. The van der Waals surface area contributed by atoms with Gasteiger partial charge < -0.3 is 5.11 Å². The second kappa shape index (κ2) is 6.97. The molecule has 0 spiro atoms. The summed E-state index contributed by atoms with van der Waals surface area (Å²) < 4.78 is 27.0. The van der Waals surface area contributed by atoms with Gasteiger partial charge >= 0.3 is 0 Å². The molecule has 0 fully saturated rings. The standard InChI is InChI=1S/C13H20N2O5S/c1-9(4-5-16)8-14-21(19,20)13-7-12(15(17)18)6-10(2)11(13)3/h6-7,9,14,16H,4-5,8H2,1-3H3. The van der Waals surface area contributed by atoms with Crippen LogP contribution >= 0.6 is 0 Å². The predicted molar refractivity (Wildman–Crippen MR) is 78.6 cm³/mol. The van der Waals surface area contributed by atoms with E-state index >= 15 is 0 Å². The SMILES string of the molecule is Cc1cc([N+](=O)[O-])cc(S(=O)(=O)NCC(C)CCO)c1C. The molecule has 0 aliphatic carbocycles. The lowest BCUT2D eigenvalue weighted by Gasteiger charge is -2.14. The van der Waals surface area contributed by atoms with Crippen molar-refractivity contribution in [1.29, 1.82) is 0 Å². The van der Waals surface area contributed by atoms with Gasteiger partial charge in [-0.05, 0) is 37.3 Å². The third-order valence-electron chi connectivity index (χ3n) is 3.35. The van der Waals surface area contributed by atoms with Crippen LogP contribution in [0.5, 0.6) is 0 Å². The maximum Gasteiger partial charge on any atom is 0.271 e. The first-order chi connectivity index (χ1) is 9.69. The Morgan fingerprint density at radius 2 is 2.00 bits per heavy atom. The molecule has 0 amide bonds. The van der Waals surface area contributed by atoms with Gasteiger partial charge in [-0.25, -0.2) is 13.1 Å². The number of nitrogens with one attached hydrogen (secondary N) is 1. The quantitative estimate of drug-likeness (QED) is 0.585. The summed E-state index contributed by atoms with van der Waals surface area (Å²) in [5.74, 6) is -0.0233. The van der Waals surface area contributed by atoms with E-state index in [1.54, 1.807) is 13.8 Å². The summed E-state index contributed by atoms with van der Waals surface area (Å²) in [4.78, 5) is 10.2. The minimum Gasteiger partial charge on any atom is -0.396 e. The molecule has 1 rings (SSSR count). The van der Waals surface area contributed by atoms with Crippen LogP contribution in [0.15, 0.2) is 17.0 Å². The number of hydrogen-bond donors (Lipinski definition) is 2. The number of non-ortho nitro benzene ring substituents is 1. The van der Waals surface area contributed by atoms with E-state index in [-0.39, 0.29) is 29.7 Å². The number of rotatable bonds is 7. The number of sulfonamides is 1. The van der Waals surface area contributed by atoms with Gasteiger partial charge in [0.2, 0.25) is 10.0 Å². The van der Waals surface area contributed by atoms with E-state index in [9.17, 15) is 18.5 Å². The fraction of sp³-hybridized carbons (Fsp3) is 0.538. The fourth-order valence-corrected chi connectivity index (χ4v) is 3.34. The Bertz CT molecular complexity index is 628. The molecular weight excluding hydrogens is 296 g/mol. The number of benzene rings is 1. The van der Waals surface area contributed by atoms with Gasteiger partial charge in [-0.3, -0.25) is 10.1 Å². The second-order valence-corrected chi connectivity index (χ2v) is 6.85. The summed E-state index contributed by atoms with van der Waals surface area (Å²) in [6.07, 6.45) is 0.482. The molecule has 0 radical (unpaired) electrons. The number of hydrogen-bond acceptors (Lipinski definition) is 5. The van der Waals surface area contributed by atoms with E-state index in [1.807, 2.05) is 6.92 Å². The van der Waals surface area contributed by atoms with Crippen molar-refractivity contribution in [3.63, 3.8) is 0 Å². The average molecular weight is 316 g/mol. The molecule has 0 aromatic heterocycles. The Hall–Kier alpha value is -1.51. The molecule has 8 heteroatoms. The Morgan fingerprint density at radius 3 is 2.52 bits per heavy atom. The average Bonchev–Trinajstić information content (AvgIpc) is 2.39. The molecule has 0 aliphatic rings. The van der Waals surface area contributed by atoms with Crippen molar-refractivity contribution >= 4 is 15.7 Å². The second-order valence-electron chi connectivity index (χ2n) is 5.11. The molecule has 118 valence electrons. The molecule has 1 unspecified atom stereocenters. The number of nitro benzene ring substituents is 1. The Balaban J connectivity index is 3.10. The van der Waals surface area contributed by atoms with E-state index in [2.05, 4.69) is 4.72 Å². The van der Waals surface area contributed by atoms with Crippen LogP contribution in [0.4, 0.5) is 5.69 Å². The molecule has 21 heavy (non-hydrogen) atoms. The van der Waals surface area contributed by atoms with Gasteiger partial charge in [-0.2, -0.15) is 0 Å². The highest BCUT2D eigenvalue weighted by molar-refractivity contribution is 7.89. The maximum atomic E-state index is 12.3. The molecule has 0 heterocycles. The highest BCUT2D eigenvalue weighted by Crippen LogP contribution is 2.25. The van der Waals surface area contributed by atoms with Crippen molar-refractivity contribution in [2.24, 2.45) is 5.92 Å². The van der Waals surface area contributed by atoms with Crippen LogP contribution < -0.4 is 4.72 Å². The summed E-state index contributed by atoms with van der Waals surface area (Å²) in [5, 5.41) is 19.7. The topological polar surface area (TPSA) is 110 Å². The van der Waals surface area contributed by atoms with Crippen molar-refractivity contribution in [2.45, 2.75) is 32.1 Å². The molecule has 0 bridgehead atoms. The number of aryl methyl sites for hydroxylation is 1. The normalized spacial score (nSPS) is 13.1. The zero-order chi connectivity index (χ0) is 16.2. The number of aliphatic hydroxyl groups is 1. The summed E-state index contributed by atoms with van der Waals surface area (Å²) in [7, 11) is -3.82. The third-order valence-corrected chi connectivity index (χ3v) is 4.90. The summed E-state index contributed by atoms with van der Waals surface area (Å²) in [5.41, 5.74) is 0.790. The van der Waals surface area contributed by atoms with Crippen LogP contribution in [0.1, 0.15) is 24.5 Å². The van der Waals surface area contributed by atoms with Crippen molar-refractivity contribution in [3.05, 3.63) is 33.4 Å². The van der Waals surface area contributed by atoms with Gasteiger partial charge in [-0.15, -0.1) is 0 Å². The van der Waals surface area contributed by atoms with Crippen molar-refractivity contribution in [1.82, 2.24) is 4.72 Å². The molecule has 7 nitrogen and oxygen atoms in total. The van der Waals surface area contributed by atoms with E-state index < -0.39 is 14.9 Å². The van der Waals surface area contributed by atoms with E-state index in [0.29, 0.717) is 17.5 Å². The summed E-state index contributed by atoms with van der Waals surface area (Å²) in [6, 6.07) is 2.42. The number of aliphatic hydroxyl groups excluding tert-OH is 1. The highest BCUT2D eigenvalue weighted by atomic mass is 32.2. The first-order valence-electron chi connectivity index (χ1n) is 6.55. The molecule has 0 saturated heterocycles. The number of nitrogens with zero attached hydrogens (tertiary/aromatic N) is 1. The summed E-state index contributed by atoms with van der Waals surface area (Å²) in [6.45, 7) is 5.21. The van der Waals surface area contributed by atoms with Crippen LogP contribution in [-0.2, 0) is 10.0 Å². The van der Waals surface area contributed by atoms with Gasteiger partial charge in [0.25, 0.3) is 5.69 Å². The minimum atomic E-state index is -3.82. The zero-order valence-electron chi connectivity index (χ0n) is 12.3. The lowest BCUT2D eigenvalue weighted by atomic mass is 10.1. The Kier molecular flexibility index (Phi) is 5.82. The molecule has 2 N–H and O–H groups in total. The van der Waals surface area contributed by atoms with Crippen LogP contribution in [0, 0.1) is 29.9 Å². The highest BCUT2D eigenvalue weighted by Gasteiger charge is 2.22. The molecule has 1 aromatic rings. The van der Waals surface area contributed by atoms with Crippen LogP contribution in [-0.4, -0.2) is 31.6 Å². The Labute approximate surface area is 124 Å². The third kappa shape index (κ3) is 4.48. The molecular formula is C13H20N2O5S. The van der Waals surface area contributed by atoms with Gasteiger partial charge in [-0.1, -0.05) is 6.92 Å². The lowest BCUT2D eigenvalue weighted by molar-refractivity contribution is -0.385. The zero-order valence-corrected chi connectivity index (χ0v) is 13.1. The van der Waals surface area contributed by atoms with Crippen LogP contribution in [0.2, 0.25) is 0 Å². The van der Waals surface area contributed by atoms with Gasteiger partial charge in [0.1, 0.15) is 0 Å². The first-order valence-corrected chi connectivity index (χ1v) is 8.03. The van der Waals surface area contributed by atoms with Gasteiger partial charge in [0, 0.05) is 25.3 Å². The maximum absolute atomic E-state index is 12.3. The molecule has 1 aromatic carbocycles. The molecule has 0 aliphatic heterocycles. The monoisotopic (exact) mass is 316 g/mol. The lowest BCUT2D eigenvalue weighted by Crippen LogP contribution is -2.29. The predicted octanol–water partition coefficient (Wildman–Crippen LogP) is 1.51. The van der Waals surface area contributed by atoms with Crippen molar-refractivity contribution in [2.75, 3.05) is 13.2 Å². The van der Waals surface area contributed by atoms with Crippen LogP contribution in [0.25, 0.3) is 0 Å². The van der Waals surface area contributed by atoms with E-state index in [0.717, 1.165) is 6.07 Å². The Morgan fingerprint density at radius 1 is 1.38 bits per heavy atom.